The van der Waals surface area contributed by atoms with Crippen LogP contribution in [0.5, 0.6) is 5.75 Å². The quantitative estimate of drug-likeness (QED) is 0.157. The Labute approximate surface area is 216 Å². The molecule has 0 unspecified atom stereocenters. The Kier molecular flexibility index (Phi) is 6.64. The Hall–Kier alpha value is -5.32. The number of carbonyl (C=O) groups is 1. The molecule has 0 saturated heterocycles. The molecule has 0 aliphatic carbocycles. The molecule has 0 aliphatic heterocycles. The summed E-state index contributed by atoms with van der Waals surface area (Å²) in [5.41, 5.74) is 3.67. The summed E-state index contributed by atoms with van der Waals surface area (Å²) in [6, 6.07) is 20.6. The van der Waals surface area contributed by atoms with Gasteiger partial charge >= 0.3 is 5.97 Å². The molecule has 2 aromatic heterocycles. The number of ether oxygens (including phenoxy) is 2. The van der Waals surface area contributed by atoms with Crippen molar-refractivity contribution < 1.29 is 23.6 Å². The standard InChI is InChI=1S/C27H21N5O6/c1-17-6-10-20(11-7-17)31-15-23(25(30-31)19-4-3-5-22(14-19)36-2)27(33)37-16-24-28-29-26(38-24)18-8-12-21(13-9-18)32(34)35/h3-15H,16H2,1-2H3. The number of aromatic nitrogens is 4. The van der Waals surface area contributed by atoms with Crippen LogP contribution in [0.15, 0.2) is 83.4 Å². The summed E-state index contributed by atoms with van der Waals surface area (Å²) in [5.74, 6) is 0.211. The second-order valence-corrected chi connectivity index (χ2v) is 8.28. The molecule has 0 spiro atoms. The van der Waals surface area contributed by atoms with Crippen LogP contribution >= 0.6 is 0 Å². The van der Waals surface area contributed by atoms with E-state index in [4.69, 9.17) is 13.9 Å². The molecule has 0 aliphatic rings. The smallest absolute Gasteiger partial charge is 0.342 e. The van der Waals surface area contributed by atoms with E-state index in [9.17, 15) is 14.9 Å². The minimum absolute atomic E-state index is 0.0551. The number of nitro benzene ring substituents is 1. The molecule has 0 fully saturated rings. The molecule has 0 radical (unpaired) electrons. The molecule has 0 bridgehead atoms. The van der Waals surface area contributed by atoms with E-state index in [0.29, 0.717) is 22.6 Å². The lowest BCUT2D eigenvalue weighted by Gasteiger charge is -2.05. The highest BCUT2D eigenvalue weighted by atomic mass is 16.6. The summed E-state index contributed by atoms with van der Waals surface area (Å²) < 4.78 is 18.0. The van der Waals surface area contributed by atoms with Crippen molar-refractivity contribution >= 4 is 11.7 Å². The van der Waals surface area contributed by atoms with Crippen molar-refractivity contribution in [1.29, 1.82) is 0 Å². The second kappa shape index (κ2) is 10.3. The Balaban J connectivity index is 1.39. The van der Waals surface area contributed by atoms with E-state index in [-0.39, 0.29) is 29.6 Å². The van der Waals surface area contributed by atoms with Gasteiger partial charge in [-0.1, -0.05) is 29.8 Å². The fourth-order valence-corrected chi connectivity index (χ4v) is 3.70. The Morgan fingerprint density at radius 2 is 1.79 bits per heavy atom. The van der Waals surface area contributed by atoms with Crippen molar-refractivity contribution in [3.8, 4) is 34.1 Å². The maximum absolute atomic E-state index is 13.2. The van der Waals surface area contributed by atoms with Gasteiger partial charge in [0.25, 0.3) is 11.6 Å². The van der Waals surface area contributed by atoms with Gasteiger partial charge in [0.1, 0.15) is 17.0 Å². The zero-order valence-corrected chi connectivity index (χ0v) is 20.4. The Bertz CT molecular complexity index is 1610. The van der Waals surface area contributed by atoms with Crippen molar-refractivity contribution in [3.63, 3.8) is 0 Å². The molecule has 5 rings (SSSR count). The van der Waals surface area contributed by atoms with Crippen LogP contribution in [0.3, 0.4) is 0 Å². The minimum atomic E-state index is -0.628. The monoisotopic (exact) mass is 511 g/mol. The molecule has 190 valence electrons. The van der Waals surface area contributed by atoms with Crippen molar-refractivity contribution in [1.82, 2.24) is 20.0 Å². The number of nitrogens with zero attached hydrogens (tertiary/aromatic N) is 5. The van der Waals surface area contributed by atoms with E-state index in [1.807, 2.05) is 43.3 Å². The molecule has 0 saturated carbocycles. The summed E-state index contributed by atoms with van der Waals surface area (Å²) >= 11 is 0. The second-order valence-electron chi connectivity index (χ2n) is 8.28. The van der Waals surface area contributed by atoms with Gasteiger partial charge in [-0.25, -0.2) is 9.48 Å². The van der Waals surface area contributed by atoms with Gasteiger partial charge in [0.15, 0.2) is 6.61 Å². The van der Waals surface area contributed by atoms with Crippen molar-refractivity contribution in [2.24, 2.45) is 0 Å². The topological polar surface area (TPSA) is 135 Å². The van der Waals surface area contributed by atoms with Crippen LogP contribution in [0, 0.1) is 17.0 Å². The van der Waals surface area contributed by atoms with E-state index in [2.05, 4.69) is 15.3 Å². The lowest BCUT2D eigenvalue weighted by molar-refractivity contribution is -0.384. The van der Waals surface area contributed by atoms with Gasteiger partial charge in [0.05, 0.1) is 17.7 Å². The summed E-state index contributed by atoms with van der Waals surface area (Å²) in [5, 5.41) is 23.4. The van der Waals surface area contributed by atoms with Gasteiger partial charge in [0.2, 0.25) is 5.89 Å². The first kappa shape index (κ1) is 24.4. The Morgan fingerprint density at radius 3 is 2.50 bits per heavy atom. The zero-order chi connectivity index (χ0) is 26.6. The molecule has 0 atom stereocenters. The first-order chi connectivity index (χ1) is 18.4. The number of aryl methyl sites for hydroxylation is 1. The Morgan fingerprint density at radius 1 is 1.03 bits per heavy atom. The molecule has 11 heteroatoms. The van der Waals surface area contributed by atoms with Crippen LogP contribution in [0.1, 0.15) is 21.8 Å². The fraction of sp³-hybridized carbons (Fsp3) is 0.111. The van der Waals surface area contributed by atoms with Crippen LogP contribution in [0.2, 0.25) is 0 Å². The molecular formula is C27H21N5O6. The average Bonchev–Trinajstić information content (AvgIpc) is 3.60. The van der Waals surface area contributed by atoms with Crippen LogP contribution < -0.4 is 4.74 Å². The molecule has 0 amide bonds. The van der Waals surface area contributed by atoms with Gasteiger partial charge < -0.3 is 13.9 Å². The van der Waals surface area contributed by atoms with Crippen LogP contribution in [0.25, 0.3) is 28.4 Å². The van der Waals surface area contributed by atoms with E-state index in [1.54, 1.807) is 30.1 Å². The number of methoxy groups -OCH3 is 1. The van der Waals surface area contributed by atoms with Gasteiger partial charge in [-0.2, -0.15) is 5.10 Å². The van der Waals surface area contributed by atoms with Crippen LogP contribution in [-0.4, -0.2) is 38.0 Å². The predicted octanol–water partition coefficient (Wildman–Crippen LogP) is 5.17. The number of non-ortho nitro benzene ring substituents is 1. The SMILES string of the molecule is COc1cccc(-c2nn(-c3ccc(C)cc3)cc2C(=O)OCc2nnc(-c3ccc([N+](=O)[O-])cc3)o2)c1. The number of hydrogen-bond acceptors (Lipinski definition) is 9. The molecule has 38 heavy (non-hydrogen) atoms. The van der Waals surface area contributed by atoms with Crippen molar-refractivity contribution in [2.45, 2.75) is 13.5 Å². The highest BCUT2D eigenvalue weighted by Crippen LogP contribution is 2.28. The summed E-state index contributed by atoms with van der Waals surface area (Å²) in [7, 11) is 1.56. The molecule has 11 nitrogen and oxygen atoms in total. The highest BCUT2D eigenvalue weighted by Gasteiger charge is 2.22. The van der Waals surface area contributed by atoms with E-state index in [0.717, 1.165) is 11.3 Å². The largest absolute Gasteiger partial charge is 0.497 e. The molecule has 3 aromatic carbocycles. The zero-order valence-electron chi connectivity index (χ0n) is 20.4. The predicted molar refractivity (Wildman–Crippen MR) is 136 cm³/mol. The van der Waals surface area contributed by atoms with Gasteiger partial charge in [0, 0.05) is 29.5 Å². The molecule has 5 aromatic rings. The average molecular weight is 511 g/mol. The molecule has 2 heterocycles. The highest BCUT2D eigenvalue weighted by molar-refractivity contribution is 5.96. The maximum atomic E-state index is 13.2. The summed E-state index contributed by atoms with van der Waals surface area (Å²) in [4.78, 5) is 23.5. The summed E-state index contributed by atoms with van der Waals surface area (Å²) in [6.45, 7) is 1.72. The lowest BCUT2D eigenvalue weighted by atomic mass is 10.1. The third-order valence-corrected chi connectivity index (χ3v) is 5.69. The first-order valence-corrected chi connectivity index (χ1v) is 11.5. The lowest BCUT2D eigenvalue weighted by Crippen LogP contribution is -2.06. The molecule has 0 N–H and O–H groups in total. The number of carbonyl (C=O) groups excluding carboxylic acids is 1. The third-order valence-electron chi connectivity index (χ3n) is 5.69. The number of benzene rings is 3. The minimum Gasteiger partial charge on any atom is -0.497 e. The normalized spacial score (nSPS) is 10.8. The molecular weight excluding hydrogens is 490 g/mol. The van der Waals surface area contributed by atoms with Gasteiger partial charge in [-0.05, 0) is 43.3 Å². The first-order valence-electron chi connectivity index (χ1n) is 11.5. The van der Waals surface area contributed by atoms with Crippen molar-refractivity contribution in [3.05, 3.63) is 106 Å². The maximum Gasteiger partial charge on any atom is 0.342 e. The fourth-order valence-electron chi connectivity index (χ4n) is 3.70. The van der Waals surface area contributed by atoms with Gasteiger partial charge in [-0.3, -0.25) is 10.1 Å². The van der Waals surface area contributed by atoms with Gasteiger partial charge in [-0.15, -0.1) is 10.2 Å². The van der Waals surface area contributed by atoms with E-state index in [1.165, 1.54) is 24.3 Å². The van der Waals surface area contributed by atoms with E-state index >= 15 is 0 Å². The number of nitro groups is 1. The summed E-state index contributed by atoms with van der Waals surface area (Å²) in [6.07, 6.45) is 1.61. The van der Waals surface area contributed by atoms with Crippen molar-refractivity contribution in [2.75, 3.05) is 7.11 Å². The number of hydrogen-bond donors (Lipinski definition) is 0. The van der Waals surface area contributed by atoms with E-state index < -0.39 is 10.9 Å². The van der Waals surface area contributed by atoms with Crippen LogP contribution in [0.4, 0.5) is 5.69 Å². The number of rotatable bonds is 8. The van der Waals surface area contributed by atoms with Crippen LogP contribution in [-0.2, 0) is 11.3 Å². The third kappa shape index (κ3) is 5.12. The number of esters is 1.